The molecule has 0 saturated heterocycles. The summed E-state index contributed by atoms with van der Waals surface area (Å²) in [5.41, 5.74) is 8.74. The first-order chi connectivity index (χ1) is 7.17. The van der Waals surface area contributed by atoms with E-state index in [1.807, 2.05) is 30.8 Å². The van der Waals surface area contributed by atoms with Gasteiger partial charge in [-0.3, -0.25) is 4.68 Å². The number of nitrogens with two attached hydrogens (primary N) is 1. The number of aryl methyl sites for hydroxylation is 2. The predicted octanol–water partition coefficient (Wildman–Crippen LogP) is 1.35. The zero-order chi connectivity index (χ0) is 11.0. The van der Waals surface area contributed by atoms with Gasteiger partial charge in [0.1, 0.15) is 5.75 Å². The van der Waals surface area contributed by atoms with Gasteiger partial charge in [-0.2, -0.15) is 5.10 Å². The highest BCUT2D eigenvalue weighted by atomic mass is 16.5. The second-order valence-corrected chi connectivity index (χ2v) is 3.59. The number of methoxy groups -OCH3 is 1. The van der Waals surface area contributed by atoms with E-state index in [-0.39, 0.29) is 0 Å². The van der Waals surface area contributed by atoms with Crippen LogP contribution in [0.4, 0.5) is 0 Å². The van der Waals surface area contributed by atoms with Crippen molar-refractivity contribution < 1.29 is 4.74 Å². The molecule has 2 N–H and O–H groups in total. The third kappa shape index (κ3) is 1.47. The van der Waals surface area contributed by atoms with Gasteiger partial charge in [-0.05, 0) is 19.1 Å². The Hall–Kier alpha value is -1.55. The van der Waals surface area contributed by atoms with E-state index in [1.165, 1.54) is 0 Å². The summed E-state index contributed by atoms with van der Waals surface area (Å²) in [6.07, 6.45) is 0. The largest absolute Gasteiger partial charge is 0.496 e. The van der Waals surface area contributed by atoms with Gasteiger partial charge in [0, 0.05) is 30.2 Å². The smallest absolute Gasteiger partial charge is 0.124 e. The van der Waals surface area contributed by atoms with E-state index in [0.29, 0.717) is 6.54 Å². The highest BCUT2D eigenvalue weighted by molar-refractivity contribution is 5.84. The van der Waals surface area contributed by atoms with Gasteiger partial charge in [0.05, 0.1) is 12.6 Å². The molecule has 0 fully saturated rings. The number of hydrogen-bond acceptors (Lipinski definition) is 3. The van der Waals surface area contributed by atoms with Gasteiger partial charge in [0.15, 0.2) is 0 Å². The number of nitrogens with zero attached hydrogens (tertiary/aromatic N) is 2. The van der Waals surface area contributed by atoms with Gasteiger partial charge in [-0.25, -0.2) is 0 Å². The van der Waals surface area contributed by atoms with Crippen LogP contribution >= 0.6 is 0 Å². The fourth-order valence-electron chi connectivity index (χ4n) is 1.74. The van der Waals surface area contributed by atoms with Crippen LogP contribution in [-0.2, 0) is 13.6 Å². The maximum atomic E-state index is 5.65. The molecular formula is C11H15N3O. The van der Waals surface area contributed by atoms with Crippen molar-refractivity contribution in [2.75, 3.05) is 7.11 Å². The van der Waals surface area contributed by atoms with Gasteiger partial charge in [0.25, 0.3) is 0 Å². The molecule has 4 nitrogen and oxygen atoms in total. The Morgan fingerprint density at radius 2 is 2.20 bits per heavy atom. The van der Waals surface area contributed by atoms with Gasteiger partial charge >= 0.3 is 0 Å². The van der Waals surface area contributed by atoms with E-state index in [4.69, 9.17) is 10.5 Å². The van der Waals surface area contributed by atoms with E-state index in [9.17, 15) is 0 Å². The van der Waals surface area contributed by atoms with Crippen molar-refractivity contribution in [3.8, 4) is 5.75 Å². The molecule has 0 aliphatic rings. The molecule has 0 unspecified atom stereocenters. The lowest BCUT2D eigenvalue weighted by Gasteiger charge is -2.06. The molecule has 1 heterocycles. The van der Waals surface area contributed by atoms with Gasteiger partial charge < -0.3 is 10.5 Å². The quantitative estimate of drug-likeness (QED) is 0.805. The van der Waals surface area contributed by atoms with Crippen molar-refractivity contribution in [2.24, 2.45) is 12.8 Å². The summed E-state index contributed by atoms with van der Waals surface area (Å²) in [5.74, 6) is 0.834. The minimum absolute atomic E-state index is 0.467. The average Bonchev–Trinajstić information content (AvgIpc) is 2.53. The van der Waals surface area contributed by atoms with Crippen molar-refractivity contribution in [2.45, 2.75) is 13.5 Å². The molecule has 0 radical (unpaired) electrons. The predicted molar refractivity (Wildman–Crippen MR) is 59.9 cm³/mol. The summed E-state index contributed by atoms with van der Waals surface area (Å²) in [5, 5.41) is 5.52. The van der Waals surface area contributed by atoms with Crippen molar-refractivity contribution >= 4 is 10.9 Å². The van der Waals surface area contributed by atoms with Crippen molar-refractivity contribution in [3.05, 3.63) is 23.4 Å². The molecule has 0 bridgehead atoms. The second kappa shape index (κ2) is 3.55. The zero-order valence-corrected chi connectivity index (χ0v) is 9.24. The molecule has 2 rings (SSSR count). The molecule has 0 saturated carbocycles. The number of benzene rings is 1. The van der Waals surface area contributed by atoms with Crippen LogP contribution in [-0.4, -0.2) is 16.9 Å². The first kappa shape index (κ1) is 9.98. The topological polar surface area (TPSA) is 53.1 Å². The molecule has 2 aromatic rings. The molecule has 1 aromatic carbocycles. The van der Waals surface area contributed by atoms with E-state index in [0.717, 1.165) is 27.9 Å². The third-order valence-electron chi connectivity index (χ3n) is 2.75. The summed E-state index contributed by atoms with van der Waals surface area (Å²) < 4.78 is 7.16. The molecule has 80 valence electrons. The Labute approximate surface area is 88.6 Å². The van der Waals surface area contributed by atoms with E-state index >= 15 is 0 Å². The monoisotopic (exact) mass is 205 g/mol. The van der Waals surface area contributed by atoms with Crippen LogP contribution < -0.4 is 10.5 Å². The fraction of sp³-hybridized carbons (Fsp3) is 0.364. The minimum Gasteiger partial charge on any atom is -0.496 e. The maximum absolute atomic E-state index is 5.65. The van der Waals surface area contributed by atoms with Crippen LogP contribution in [0.2, 0.25) is 0 Å². The van der Waals surface area contributed by atoms with Crippen LogP contribution in [0.1, 0.15) is 11.3 Å². The number of hydrogen-bond donors (Lipinski definition) is 1. The lowest BCUT2D eigenvalue weighted by atomic mass is 10.1. The van der Waals surface area contributed by atoms with Crippen LogP contribution in [0.5, 0.6) is 5.75 Å². The second-order valence-electron chi connectivity index (χ2n) is 3.59. The number of rotatable bonds is 2. The fourth-order valence-corrected chi connectivity index (χ4v) is 1.74. The lowest BCUT2D eigenvalue weighted by molar-refractivity contribution is 0.410. The van der Waals surface area contributed by atoms with Crippen molar-refractivity contribution in [3.63, 3.8) is 0 Å². The number of fused-ring (bicyclic) bond motifs is 1. The highest BCUT2D eigenvalue weighted by Gasteiger charge is 2.09. The van der Waals surface area contributed by atoms with Gasteiger partial charge in [0.2, 0.25) is 0 Å². The van der Waals surface area contributed by atoms with Crippen molar-refractivity contribution in [1.82, 2.24) is 9.78 Å². The SMILES string of the molecule is COc1cc2c(C)n(C)nc2cc1CN. The molecule has 4 heteroatoms. The molecule has 1 aromatic heterocycles. The molecular weight excluding hydrogens is 190 g/mol. The Balaban J connectivity index is 2.75. The Morgan fingerprint density at radius 1 is 1.47 bits per heavy atom. The van der Waals surface area contributed by atoms with Crippen LogP contribution in [0, 0.1) is 6.92 Å². The molecule has 0 aliphatic carbocycles. The molecule has 0 atom stereocenters. The van der Waals surface area contributed by atoms with E-state index in [1.54, 1.807) is 7.11 Å². The normalized spacial score (nSPS) is 10.9. The minimum atomic E-state index is 0.467. The molecule has 0 spiro atoms. The first-order valence-corrected chi connectivity index (χ1v) is 4.87. The number of ether oxygens (including phenoxy) is 1. The van der Waals surface area contributed by atoms with E-state index in [2.05, 4.69) is 5.10 Å². The summed E-state index contributed by atoms with van der Waals surface area (Å²) in [4.78, 5) is 0. The summed E-state index contributed by atoms with van der Waals surface area (Å²) in [6.45, 7) is 2.51. The molecule has 0 aliphatic heterocycles. The zero-order valence-electron chi connectivity index (χ0n) is 9.24. The first-order valence-electron chi connectivity index (χ1n) is 4.87. The summed E-state index contributed by atoms with van der Waals surface area (Å²) >= 11 is 0. The van der Waals surface area contributed by atoms with Crippen LogP contribution in [0.25, 0.3) is 10.9 Å². The average molecular weight is 205 g/mol. The highest BCUT2D eigenvalue weighted by Crippen LogP contribution is 2.26. The van der Waals surface area contributed by atoms with Crippen LogP contribution in [0.3, 0.4) is 0 Å². The molecule has 15 heavy (non-hydrogen) atoms. The van der Waals surface area contributed by atoms with Crippen molar-refractivity contribution in [1.29, 1.82) is 0 Å². The Morgan fingerprint density at radius 3 is 2.80 bits per heavy atom. The van der Waals surface area contributed by atoms with Gasteiger partial charge in [-0.15, -0.1) is 0 Å². The Kier molecular flexibility index (Phi) is 2.36. The third-order valence-corrected chi connectivity index (χ3v) is 2.75. The lowest BCUT2D eigenvalue weighted by Crippen LogP contribution is -1.99. The maximum Gasteiger partial charge on any atom is 0.124 e. The van der Waals surface area contributed by atoms with Gasteiger partial charge in [-0.1, -0.05) is 0 Å². The summed E-state index contributed by atoms with van der Waals surface area (Å²) in [6, 6.07) is 3.99. The van der Waals surface area contributed by atoms with E-state index < -0.39 is 0 Å². The number of aromatic nitrogens is 2. The Bertz CT molecular complexity index is 502. The standard InChI is InChI=1S/C11H15N3O/c1-7-9-5-11(15-3)8(6-12)4-10(9)13-14(7)2/h4-5H,6,12H2,1-3H3. The summed E-state index contributed by atoms with van der Waals surface area (Å²) in [7, 11) is 3.59. The molecule has 0 amide bonds. The van der Waals surface area contributed by atoms with Crippen LogP contribution in [0.15, 0.2) is 12.1 Å².